The van der Waals surface area contributed by atoms with Crippen LogP contribution in [-0.2, 0) is 4.74 Å². The highest BCUT2D eigenvalue weighted by molar-refractivity contribution is 5.68. The Labute approximate surface area is 98.9 Å². The van der Waals surface area contributed by atoms with Crippen LogP contribution in [0.1, 0.15) is 39.0 Å². The number of nitrogens with zero attached hydrogens (tertiary/aromatic N) is 1. The van der Waals surface area contributed by atoms with Crippen LogP contribution in [0.25, 0.3) is 0 Å². The van der Waals surface area contributed by atoms with Crippen molar-refractivity contribution in [3.05, 3.63) is 0 Å². The second-order valence-corrected chi connectivity index (χ2v) is 4.30. The van der Waals surface area contributed by atoms with Crippen LogP contribution in [0.15, 0.2) is 0 Å². The Balaban J connectivity index is 2.47. The van der Waals surface area contributed by atoms with Crippen molar-refractivity contribution in [3.63, 3.8) is 0 Å². The van der Waals surface area contributed by atoms with Gasteiger partial charge in [-0.05, 0) is 25.7 Å². The Morgan fingerprint density at radius 1 is 1.41 bits per heavy atom. The van der Waals surface area contributed by atoms with Gasteiger partial charge in [-0.3, -0.25) is 0 Å². The molecule has 1 aliphatic rings. The summed E-state index contributed by atoms with van der Waals surface area (Å²) in [7, 11) is 0. The number of rotatable bonds is 3. The number of likely N-dealkylation sites (tertiary alicyclic amines) is 1. The molecule has 1 atom stereocenters. The van der Waals surface area contributed by atoms with E-state index in [1.54, 1.807) is 0 Å². The summed E-state index contributed by atoms with van der Waals surface area (Å²) in [5.41, 5.74) is 0. The van der Waals surface area contributed by atoms with E-state index >= 15 is 0 Å². The van der Waals surface area contributed by atoms with Crippen molar-refractivity contribution in [3.8, 4) is 0 Å². The van der Waals surface area contributed by atoms with Crippen LogP contribution < -0.4 is 0 Å². The zero-order chi connectivity index (χ0) is 12.9. The molecule has 0 spiro atoms. The monoisotopic (exact) mass is 253 g/mol. The predicted molar refractivity (Wildman–Crippen MR) is 56.7 cm³/mol. The molecule has 0 bridgehead atoms. The lowest BCUT2D eigenvalue weighted by Gasteiger charge is -2.34. The number of ether oxygens (including phenoxy) is 1. The summed E-state index contributed by atoms with van der Waals surface area (Å²) in [4.78, 5) is 13.0. The van der Waals surface area contributed by atoms with Crippen molar-refractivity contribution in [1.29, 1.82) is 0 Å². The fourth-order valence-electron chi connectivity index (χ4n) is 2.10. The number of hydrogen-bond acceptors (Lipinski definition) is 2. The SMILES string of the molecule is CCCC1CCCCN1C(=O)OCC(F)(F)F. The quantitative estimate of drug-likeness (QED) is 0.772. The van der Waals surface area contributed by atoms with Gasteiger partial charge in [0, 0.05) is 12.6 Å². The van der Waals surface area contributed by atoms with Crippen LogP contribution in [0.5, 0.6) is 0 Å². The second kappa shape index (κ2) is 6.12. The summed E-state index contributed by atoms with van der Waals surface area (Å²) in [6.07, 6.45) is -0.842. The molecule has 3 nitrogen and oxygen atoms in total. The van der Waals surface area contributed by atoms with Crippen LogP contribution >= 0.6 is 0 Å². The highest BCUT2D eigenvalue weighted by atomic mass is 19.4. The van der Waals surface area contributed by atoms with Crippen LogP contribution in [0, 0.1) is 0 Å². The molecule has 1 amide bonds. The van der Waals surface area contributed by atoms with Crippen molar-refractivity contribution in [1.82, 2.24) is 4.90 Å². The maximum Gasteiger partial charge on any atom is 0.422 e. The third-order valence-corrected chi connectivity index (χ3v) is 2.84. The Kier molecular flexibility index (Phi) is 5.08. The van der Waals surface area contributed by atoms with Gasteiger partial charge in [-0.15, -0.1) is 0 Å². The minimum Gasteiger partial charge on any atom is -0.440 e. The molecule has 1 rings (SSSR count). The van der Waals surface area contributed by atoms with Crippen LogP contribution in [0.3, 0.4) is 0 Å². The van der Waals surface area contributed by atoms with Crippen molar-refractivity contribution in [2.75, 3.05) is 13.2 Å². The molecular weight excluding hydrogens is 235 g/mol. The maximum absolute atomic E-state index is 11.9. The van der Waals surface area contributed by atoms with Gasteiger partial charge >= 0.3 is 12.3 Å². The van der Waals surface area contributed by atoms with Crippen LogP contribution in [0.2, 0.25) is 0 Å². The molecular formula is C11H18F3NO2. The zero-order valence-electron chi connectivity index (χ0n) is 9.92. The second-order valence-electron chi connectivity index (χ2n) is 4.30. The smallest absolute Gasteiger partial charge is 0.422 e. The van der Waals surface area contributed by atoms with Gasteiger partial charge < -0.3 is 9.64 Å². The maximum atomic E-state index is 11.9. The molecule has 100 valence electrons. The average molecular weight is 253 g/mol. The Bertz CT molecular complexity index is 254. The van der Waals surface area contributed by atoms with E-state index in [0.29, 0.717) is 6.54 Å². The number of carbonyl (C=O) groups is 1. The lowest BCUT2D eigenvalue weighted by molar-refractivity contribution is -0.163. The van der Waals surface area contributed by atoms with E-state index in [1.165, 1.54) is 4.90 Å². The lowest BCUT2D eigenvalue weighted by atomic mass is 9.99. The fourth-order valence-corrected chi connectivity index (χ4v) is 2.10. The zero-order valence-corrected chi connectivity index (χ0v) is 9.92. The van der Waals surface area contributed by atoms with Crippen molar-refractivity contribution in [2.45, 2.75) is 51.2 Å². The highest BCUT2D eigenvalue weighted by Gasteiger charge is 2.33. The molecule has 1 fully saturated rings. The Morgan fingerprint density at radius 2 is 2.12 bits per heavy atom. The standard InChI is InChI=1S/C11H18F3NO2/c1-2-5-9-6-3-4-7-15(9)10(16)17-8-11(12,13)14/h9H,2-8H2,1H3. The van der Waals surface area contributed by atoms with Crippen LogP contribution in [-0.4, -0.2) is 36.4 Å². The number of alkyl halides is 3. The van der Waals surface area contributed by atoms with Gasteiger partial charge in [-0.25, -0.2) is 4.79 Å². The number of halogens is 3. The van der Waals surface area contributed by atoms with Crippen molar-refractivity contribution in [2.24, 2.45) is 0 Å². The van der Waals surface area contributed by atoms with E-state index in [-0.39, 0.29) is 6.04 Å². The summed E-state index contributed by atoms with van der Waals surface area (Å²) in [5, 5.41) is 0. The molecule has 0 radical (unpaired) electrons. The van der Waals surface area contributed by atoms with Crippen molar-refractivity contribution >= 4 is 6.09 Å². The van der Waals surface area contributed by atoms with E-state index in [4.69, 9.17) is 0 Å². The van der Waals surface area contributed by atoms with Gasteiger partial charge in [0.15, 0.2) is 6.61 Å². The summed E-state index contributed by atoms with van der Waals surface area (Å²) >= 11 is 0. The van der Waals surface area contributed by atoms with Gasteiger partial charge in [0.2, 0.25) is 0 Å². The van der Waals surface area contributed by atoms with Gasteiger partial charge in [0.05, 0.1) is 0 Å². The average Bonchev–Trinajstić information content (AvgIpc) is 2.26. The Hall–Kier alpha value is -0.940. The topological polar surface area (TPSA) is 29.5 Å². The number of amides is 1. The number of hydrogen-bond donors (Lipinski definition) is 0. The van der Waals surface area contributed by atoms with E-state index in [2.05, 4.69) is 4.74 Å². The van der Waals surface area contributed by atoms with E-state index in [1.807, 2.05) is 6.92 Å². The van der Waals surface area contributed by atoms with Gasteiger partial charge in [-0.2, -0.15) is 13.2 Å². The third-order valence-electron chi connectivity index (χ3n) is 2.84. The highest BCUT2D eigenvalue weighted by Crippen LogP contribution is 2.22. The molecule has 1 saturated heterocycles. The first-order chi connectivity index (χ1) is 7.94. The molecule has 6 heteroatoms. The van der Waals surface area contributed by atoms with Gasteiger partial charge in [0.25, 0.3) is 0 Å². The van der Waals surface area contributed by atoms with Gasteiger partial charge in [0.1, 0.15) is 0 Å². The van der Waals surface area contributed by atoms with Crippen LogP contribution in [0.4, 0.5) is 18.0 Å². The molecule has 1 unspecified atom stereocenters. The Morgan fingerprint density at radius 3 is 2.71 bits per heavy atom. The summed E-state index contributed by atoms with van der Waals surface area (Å²) in [6.45, 7) is 0.996. The molecule has 0 aromatic heterocycles. The molecule has 0 saturated carbocycles. The molecule has 0 aliphatic carbocycles. The predicted octanol–water partition coefficient (Wildman–Crippen LogP) is 3.34. The summed E-state index contributed by atoms with van der Waals surface area (Å²) < 4.78 is 40.1. The minimum absolute atomic E-state index is 0.0366. The normalized spacial score (nSPS) is 21.4. The van der Waals surface area contributed by atoms with Gasteiger partial charge in [-0.1, -0.05) is 13.3 Å². The summed E-state index contributed by atoms with van der Waals surface area (Å²) in [6, 6.07) is 0.0366. The number of carbonyl (C=O) groups excluding carboxylic acids is 1. The first-order valence-corrected chi connectivity index (χ1v) is 5.94. The fraction of sp³-hybridized carbons (Fsp3) is 0.909. The van der Waals surface area contributed by atoms with Crippen molar-refractivity contribution < 1.29 is 22.7 Å². The minimum atomic E-state index is -4.45. The first kappa shape index (κ1) is 14.1. The molecule has 0 aromatic carbocycles. The molecule has 17 heavy (non-hydrogen) atoms. The molecule has 0 N–H and O–H groups in total. The molecule has 1 aliphatic heterocycles. The largest absolute Gasteiger partial charge is 0.440 e. The van der Waals surface area contributed by atoms with E-state index < -0.39 is 18.9 Å². The third kappa shape index (κ3) is 4.83. The molecule has 0 aromatic rings. The van der Waals surface area contributed by atoms with E-state index in [9.17, 15) is 18.0 Å². The molecule has 1 heterocycles. The lowest BCUT2D eigenvalue weighted by Crippen LogP contribution is -2.44. The van der Waals surface area contributed by atoms with E-state index in [0.717, 1.165) is 32.1 Å². The number of piperidine rings is 1. The summed E-state index contributed by atoms with van der Waals surface area (Å²) in [5.74, 6) is 0. The first-order valence-electron chi connectivity index (χ1n) is 5.94.